The van der Waals surface area contributed by atoms with Crippen LogP contribution in [0.2, 0.25) is 5.02 Å². The van der Waals surface area contributed by atoms with Gasteiger partial charge in [-0.3, -0.25) is 9.59 Å². The zero-order valence-corrected chi connectivity index (χ0v) is 21.1. The smallest absolute Gasteiger partial charge is 0.270 e. The van der Waals surface area contributed by atoms with Gasteiger partial charge < -0.3 is 19.9 Å². The molecule has 0 unspecified atom stereocenters. The topological polar surface area (TPSA) is 109 Å². The van der Waals surface area contributed by atoms with E-state index < -0.39 is 25.4 Å². The van der Waals surface area contributed by atoms with Gasteiger partial charge in [-0.15, -0.1) is 0 Å². The van der Waals surface area contributed by atoms with Gasteiger partial charge in [-0.1, -0.05) is 23.7 Å². The Morgan fingerprint density at radius 1 is 1.18 bits per heavy atom. The third-order valence-electron chi connectivity index (χ3n) is 7.23. The second-order valence-corrected chi connectivity index (χ2v) is 13.1. The standard InChI is InChI=1S/C24H30ClN3O5S/c1-16(29)23(2,3)34(32,33)24(10-11-24)15-27-12-13-28-19(8-9-20(28)22(27)31)21(30)26-14-17-4-6-18(25)7-5-17/h4-9,16,29H,10-15H2,1-3H3,(H,26,30)/t16-/m1/s1. The van der Waals surface area contributed by atoms with Crippen molar-refractivity contribution in [2.24, 2.45) is 0 Å². The number of aromatic nitrogens is 1. The number of aliphatic hydroxyl groups is 1. The largest absolute Gasteiger partial charge is 0.392 e. The molecule has 2 aromatic rings. The zero-order chi connectivity index (χ0) is 24.9. The number of benzene rings is 1. The first-order valence-corrected chi connectivity index (χ1v) is 13.2. The lowest BCUT2D eigenvalue weighted by Gasteiger charge is -2.36. The van der Waals surface area contributed by atoms with Gasteiger partial charge in [0.05, 0.1) is 15.6 Å². The highest BCUT2D eigenvalue weighted by Crippen LogP contribution is 2.49. The van der Waals surface area contributed by atoms with Crippen molar-refractivity contribution in [3.8, 4) is 0 Å². The Morgan fingerprint density at radius 2 is 1.82 bits per heavy atom. The maximum Gasteiger partial charge on any atom is 0.270 e. The molecule has 0 radical (unpaired) electrons. The number of carbonyl (C=O) groups is 2. The molecule has 4 rings (SSSR count). The minimum Gasteiger partial charge on any atom is -0.392 e. The van der Waals surface area contributed by atoms with E-state index in [9.17, 15) is 23.1 Å². The van der Waals surface area contributed by atoms with Crippen molar-refractivity contribution in [3.63, 3.8) is 0 Å². The van der Waals surface area contributed by atoms with Gasteiger partial charge in [0.1, 0.15) is 11.4 Å². The van der Waals surface area contributed by atoms with Gasteiger partial charge in [0, 0.05) is 31.2 Å². The van der Waals surface area contributed by atoms with E-state index in [1.54, 1.807) is 33.7 Å². The predicted octanol–water partition coefficient (Wildman–Crippen LogP) is 2.63. The molecule has 184 valence electrons. The summed E-state index contributed by atoms with van der Waals surface area (Å²) in [7, 11) is -3.69. The number of nitrogens with one attached hydrogen (secondary N) is 1. The van der Waals surface area contributed by atoms with E-state index in [1.807, 2.05) is 12.1 Å². The van der Waals surface area contributed by atoms with Crippen LogP contribution in [0.25, 0.3) is 0 Å². The second kappa shape index (κ2) is 8.70. The van der Waals surface area contributed by atoms with Crippen LogP contribution in [0.1, 0.15) is 60.2 Å². The van der Waals surface area contributed by atoms with Crippen molar-refractivity contribution in [1.29, 1.82) is 0 Å². The van der Waals surface area contributed by atoms with E-state index in [2.05, 4.69) is 5.32 Å². The molecule has 1 atom stereocenters. The maximum absolute atomic E-state index is 13.3. The van der Waals surface area contributed by atoms with Crippen LogP contribution in [-0.4, -0.2) is 63.5 Å². The van der Waals surface area contributed by atoms with Crippen LogP contribution in [0.5, 0.6) is 0 Å². The fraction of sp³-hybridized carbons (Fsp3) is 0.500. The Balaban J connectivity index is 1.47. The fourth-order valence-corrected chi connectivity index (χ4v) is 7.04. The van der Waals surface area contributed by atoms with E-state index in [0.29, 0.717) is 48.9 Å². The van der Waals surface area contributed by atoms with Crippen LogP contribution in [-0.2, 0) is 22.9 Å². The molecular formula is C24H30ClN3O5S. The van der Waals surface area contributed by atoms with Crippen LogP contribution in [0.4, 0.5) is 0 Å². The summed E-state index contributed by atoms with van der Waals surface area (Å²) in [5, 5.41) is 13.6. The summed E-state index contributed by atoms with van der Waals surface area (Å²) in [4.78, 5) is 27.5. The molecular weight excluding hydrogens is 478 g/mol. The van der Waals surface area contributed by atoms with Crippen LogP contribution in [0, 0.1) is 0 Å². The average molecular weight is 508 g/mol. The van der Waals surface area contributed by atoms with Crippen molar-refractivity contribution in [3.05, 3.63) is 58.4 Å². The lowest BCUT2D eigenvalue weighted by molar-refractivity contribution is 0.0697. The lowest BCUT2D eigenvalue weighted by atomic mass is 10.1. The Kier molecular flexibility index (Phi) is 6.33. The van der Waals surface area contributed by atoms with E-state index in [-0.39, 0.29) is 18.4 Å². The molecule has 0 saturated heterocycles. The number of aliphatic hydroxyl groups excluding tert-OH is 1. The Morgan fingerprint density at radius 3 is 2.41 bits per heavy atom. The molecule has 34 heavy (non-hydrogen) atoms. The van der Waals surface area contributed by atoms with Crippen LogP contribution < -0.4 is 5.32 Å². The number of amides is 2. The molecule has 2 heterocycles. The molecule has 8 nitrogen and oxygen atoms in total. The van der Waals surface area contributed by atoms with Gasteiger partial charge in [0.2, 0.25) is 0 Å². The van der Waals surface area contributed by atoms with Crippen LogP contribution in [0.15, 0.2) is 36.4 Å². The van der Waals surface area contributed by atoms with Crippen LogP contribution in [0.3, 0.4) is 0 Å². The molecule has 0 spiro atoms. The summed E-state index contributed by atoms with van der Waals surface area (Å²) in [6, 6.07) is 10.4. The van der Waals surface area contributed by atoms with Gasteiger partial charge in [0.25, 0.3) is 11.8 Å². The lowest BCUT2D eigenvalue weighted by Crippen LogP contribution is -2.54. The Bertz CT molecular complexity index is 1210. The van der Waals surface area contributed by atoms with E-state index >= 15 is 0 Å². The number of hydrogen-bond donors (Lipinski definition) is 2. The highest BCUT2D eigenvalue weighted by Gasteiger charge is 2.61. The molecule has 1 aliphatic heterocycles. The van der Waals surface area contributed by atoms with Gasteiger partial charge in [0.15, 0.2) is 9.84 Å². The quantitative estimate of drug-likeness (QED) is 0.571. The second-order valence-electron chi connectivity index (χ2n) is 9.76. The summed E-state index contributed by atoms with van der Waals surface area (Å²) in [5.41, 5.74) is 1.66. The number of carbonyl (C=O) groups excluding carboxylic acids is 2. The molecule has 1 saturated carbocycles. The van der Waals surface area contributed by atoms with E-state index in [0.717, 1.165) is 5.56 Å². The van der Waals surface area contributed by atoms with Gasteiger partial charge in [-0.25, -0.2) is 8.42 Å². The predicted molar refractivity (Wildman–Crippen MR) is 130 cm³/mol. The number of sulfone groups is 1. The van der Waals surface area contributed by atoms with Crippen molar-refractivity contribution in [2.75, 3.05) is 13.1 Å². The number of nitrogens with zero attached hydrogens (tertiary/aromatic N) is 2. The normalized spacial score (nSPS) is 18.4. The maximum atomic E-state index is 13.3. The van der Waals surface area contributed by atoms with Crippen molar-refractivity contribution >= 4 is 33.3 Å². The first-order valence-electron chi connectivity index (χ1n) is 11.3. The minimum absolute atomic E-state index is 0.0909. The molecule has 2 amide bonds. The molecule has 0 bridgehead atoms. The van der Waals surface area contributed by atoms with Crippen LogP contribution >= 0.6 is 11.6 Å². The third kappa shape index (κ3) is 4.14. The average Bonchev–Trinajstić information content (AvgIpc) is 3.45. The summed E-state index contributed by atoms with van der Waals surface area (Å²) < 4.78 is 26.0. The Hall–Kier alpha value is -2.36. The fourth-order valence-electron chi connectivity index (χ4n) is 4.39. The first kappa shape index (κ1) is 24.8. The molecule has 1 aromatic carbocycles. The summed E-state index contributed by atoms with van der Waals surface area (Å²) >= 11 is 5.89. The number of hydrogen-bond acceptors (Lipinski definition) is 5. The third-order valence-corrected chi connectivity index (χ3v) is 10.9. The van der Waals surface area contributed by atoms with Gasteiger partial charge in [-0.2, -0.15) is 0 Å². The minimum atomic E-state index is -3.69. The monoisotopic (exact) mass is 507 g/mol. The molecule has 1 aromatic heterocycles. The zero-order valence-electron chi connectivity index (χ0n) is 19.5. The molecule has 1 fully saturated rings. The SMILES string of the molecule is C[C@@H](O)C(C)(C)S(=O)(=O)C1(CN2CCn3c(C(=O)NCc4ccc(Cl)cc4)ccc3C2=O)CC1. The first-order chi connectivity index (χ1) is 15.9. The van der Waals surface area contributed by atoms with Crippen molar-refractivity contribution in [2.45, 2.75) is 62.3 Å². The molecule has 2 aliphatic rings. The van der Waals surface area contributed by atoms with E-state index in [4.69, 9.17) is 11.6 Å². The summed E-state index contributed by atoms with van der Waals surface area (Å²) in [6.07, 6.45) is -0.0956. The van der Waals surface area contributed by atoms with E-state index in [1.165, 1.54) is 20.8 Å². The van der Waals surface area contributed by atoms with Crippen molar-refractivity contribution in [1.82, 2.24) is 14.8 Å². The van der Waals surface area contributed by atoms with Crippen molar-refractivity contribution < 1.29 is 23.1 Å². The summed E-state index contributed by atoms with van der Waals surface area (Å²) in [6.45, 7) is 5.67. The highest BCUT2D eigenvalue weighted by atomic mass is 35.5. The molecule has 1 aliphatic carbocycles. The highest BCUT2D eigenvalue weighted by molar-refractivity contribution is 7.94. The number of fused-ring (bicyclic) bond motifs is 1. The molecule has 10 heteroatoms. The molecule has 2 N–H and O–H groups in total. The summed E-state index contributed by atoms with van der Waals surface area (Å²) in [5.74, 6) is -0.582. The van der Waals surface area contributed by atoms with Gasteiger partial charge >= 0.3 is 0 Å². The van der Waals surface area contributed by atoms with Gasteiger partial charge in [-0.05, 0) is 63.4 Å². The number of rotatable bonds is 8. The Labute approximate surface area is 204 Å². The number of halogens is 1.